The summed E-state index contributed by atoms with van der Waals surface area (Å²) in [4.78, 5) is 12.4. The molecule has 1 aliphatic rings. The van der Waals surface area contributed by atoms with Gasteiger partial charge < -0.3 is 9.47 Å². The third kappa shape index (κ3) is 3.43. The van der Waals surface area contributed by atoms with Crippen LogP contribution in [-0.2, 0) is 9.47 Å². The van der Waals surface area contributed by atoms with Crippen LogP contribution in [0.15, 0.2) is 30.3 Å². The topological polar surface area (TPSA) is 35.5 Å². The van der Waals surface area contributed by atoms with E-state index in [1.165, 1.54) is 12.8 Å². The predicted molar refractivity (Wildman–Crippen MR) is 74.1 cm³/mol. The van der Waals surface area contributed by atoms with Crippen molar-refractivity contribution >= 4 is 5.78 Å². The van der Waals surface area contributed by atoms with Crippen LogP contribution in [0.3, 0.4) is 0 Å². The standard InChI is InChI=1S/C16H22O3/c1-3-4-6-11-14-18-12-16(2,19-14)15(17)13-9-7-5-8-10-13/h5,7-10,14H,3-4,6,11-12H2,1-2H3. The lowest BCUT2D eigenvalue weighted by Crippen LogP contribution is -2.38. The Morgan fingerprint density at radius 2 is 2.05 bits per heavy atom. The number of benzene rings is 1. The monoisotopic (exact) mass is 262 g/mol. The number of rotatable bonds is 6. The summed E-state index contributed by atoms with van der Waals surface area (Å²) in [7, 11) is 0. The molecule has 2 atom stereocenters. The van der Waals surface area contributed by atoms with Crippen molar-refractivity contribution < 1.29 is 14.3 Å². The van der Waals surface area contributed by atoms with Crippen molar-refractivity contribution in [1.82, 2.24) is 0 Å². The molecule has 0 aromatic heterocycles. The van der Waals surface area contributed by atoms with Crippen LogP contribution in [-0.4, -0.2) is 24.3 Å². The molecule has 0 saturated carbocycles. The number of hydrogen-bond acceptors (Lipinski definition) is 3. The van der Waals surface area contributed by atoms with E-state index in [4.69, 9.17) is 9.47 Å². The Bertz CT molecular complexity index is 415. The molecule has 1 heterocycles. The van der Waals surface area contributed by atoms with E-state index in [0.29, 0.717) is 12.2 Å². The number of unbranched alkanes of at least 4 members (excludes halogenated alkanes) is 2. The van der Waals surface area contributed by atoms with Crippen LogP contribution in [0.2, 0.25) is 0 Å². The van der Waals surface area contributed by atoms with E-state index in [9.17, 15) is 4.79 Å². The zero-order valence-corrected chi connectivity index (χ0v) is 11.7. The molecule has 0 spiro atoms. The summed E-state index contributed by atoms with van der Waals surface area (Å²) in [6.07, 6.45) is 4.06. The van der Waals surface area contributed by atoms with Crippen LogP contribution in [0.4, 0.5) is 0 Å². The van der Waals surface area contributed by atoms with E-state index in [0.717, 1.165) is 12.8 Å². The summed E-state index contributed by atoms with van der Waals surface area (Å²) in [5.74, 6) is 0.00564. The minimum absolute atomic E-state index is 0.00564. The molecular formula is C16H22O3. The number of carbonyl (C=O) groups excluding carboxylic acids is 1. The second kappa shape index (κ2) is 6.31. The molecule has 0 aliphatic carbocycles. The van der Waals surface area contributed by atoms with Crippen molar-refractivity contribution in [3.8, 4) is 0 Å². The first-order chi connectivity index (χ1) is 9.15. The zero-order valence-electron chi connectivity index (χ0n) is 11.7. The van der Waals surface area contributed by atoms with Gasteiger partial charge in [0.1, 0.15) is 0 Å². The predicted octanol–water partition coefficient (Wildman–Crippen LogP) is 3.58. The van der Waals surface area contributed by atoms with Crippen molar-refractivity contribution in [2.45, 2.75) is 51.4 Å². The zero-order chi connectivity index (χ0) is 13.7. The molecule has 3 heteroatoms. The molecule has 19 heavy (non-hydrogen) atoms. The van der Waals surface area contributed by atoms with E-state index in [1.54, 1.807) is 0 Å². The quantitative estimate of drug-likeness (QED) is 0.580. The normalized spacial score (nSPS) is 26.5. The van der Waals surface area contributed by atoms with Gasteiger partial charge in [0.2, 0.25) is 0 Å². The molecule has 3 nitrogen and oxygen atoms in total. The maximum Gasteiger partial charge on any atom is 0.196 e. The van der Waals surface area contributed by atoms with Gasteiger partial charge in [-0.05, 0) is 19.8 Å². The molecule has 104 valence electrons. The average molecular weight is 262 g/mol. The van der Waals surface area contributed by atoms with Gasteiger partial charge in [0.05, 0.1) is 6.61 Å². The number of carbonyl (C=O) groups is 1. The molecule has 1 fully saturated rings. The Kier molecular flexibility index (Phi) is 4.72. The third-order valence-electron chi connectivity index (χ3n) is 3.50. The molecule has 1 saturated heterocycles. The summed E-state index contributed by atoms with van der Waals surface area (Å²) in [6.45, 7) is 4.33. The van der Waals surface area contributed by atoms with E-state index in [2.05, 4.69) is 6.92 Å². The van der Waals surface area contributed by atoms with Gasteiger partial charge in [-0.2, -0.15) is 0 Å². The second-order valence-electron chi connectivity index (χ2n) is 5.28. The highest BCUT2D eigenvalue weighted by Crippen LogP contribution is 2.29. The third-order valence-corrected chi connectivity index (χ3v) is 3.50. The van der Waals surface area contributed by atoms with Gasteiger partial charge in [0.25, 0.3) is 0 Å². The lowest BCUT2D eigenvalue weighted by molar-refractivity contribution is -0.0783. The molecular weight excluding hydrogens is 240 g/mol. The number of hydrogen-bond donors (Lipinski definition) is 0. The maximum absolute atomic E-state index is 12.4. The van der Waals surface area contributed by atoms with Crippen LogP contribution in [0.1, 0.15) is 49.9 Å². The molecule has 0 N–H and O–H groups in total. The summed E-state index contributed by atoms with van der Waals surface area (Å²) >= 11 is 0. The first kappa shape index (κ1) is 14.2. The number of ketones is 1. The average Bonchev–Trinajstić information content (AvgIpc) is 2.82. The second-order valence-corrected chi connectivity index (χ2v) is 5.28. The van der Waals surface area contributed by atoms with Crippen molar-refractivity contribution in [3.05, 3.63) is 35.9 Å². The van der Waals surface area contributed by atoms with Gasteiger partial charge in [-0.25, -0.2) is 0 Å². The fraction of sp³-hybridized carbons (Fsp3) is 0.562. The summed E-state index contributed by atoms with van der Waals surface area (Å²) in [5.41, 5.74) is -0.152. The van der Waals surface area contributed by atoms with Gasteiger partial charge >= 0.3 is 0 Å². The Hall–Kier alpha value is -1.19. The van der Waals surface area contributed by atoms with E-state index < -0.39 is 5.60 Å². The Balaban J connectivity index is 1.95. The Labute approximate surface area is 114 Å². The van der Waals surface area contributed by atoms with E-state index in [1.807, 2.05) is 37.3 Å². The minimum Gasteiger partial charge on any atom is -0.349 e. The molecule has 0 radical (unpaired) electrons. The number of Topliss-reactive ketones (excluding diaryl/α,β-unsaturated/α-hetero) is 1. The maximum atomic E-state index is 12.4. The lowest BCUT2D eigenvalue weighted by atomic mass is 9.96. The molecule has 1 aliphatic heterocycles. The van der Waals surface area contributed by atoms with Gasteiger partial charge in [-0.15, -0.1) is 0 Å². The smallest absolute Gasteiger partial charge is 0.196 e. The highest BCUT2D eigenvalue weighted by atomic mass is 16.7. The molecule has 0 bridgehead atoms. The van der Waals surface area contributed by atoms with Crippen LogP contribution in [0.5, 0.6) is 0 Å². The van der Waals surface area contributed by atoms with Gasteiger partial charge in [0.15, 0.2) is 17.7 Å². The van der Waals surface area contributed by atoms with Gasteiger partial charge in [-0.3, -0.25) is 4.79 Å². The van der Waals surface area contributed by atoms with Crippen molar-refractivity contribution in [3.63, 3.8) is 0 Å². The van der Waals surface area contributed by atoms with Gasteiger partial charge in [0, 0.05) is 5.56 Å². The minimum atomic E-state index is -0.835. The Morgan fingerprint density at radius 3 is 2.74 bits per heavy atom. The summed E-state index contributed by atoms with van der Waals surface area (Å²) < 4.78 is 11.5. The fourth-order valence-corrected chi connectivity index (χ4v) is 2.33. The lowest BCUT2D eigenvalue weighted by Gasteiger charge is -2.20. The molecule has 1 aromatic carbocycles. The van der Waals surface area contributed by atoms with Crippen LogP contribution in [0.25, 0.3) is 0 Å². The largest absolute Gasteiger partial charge is 0.349 e. The number of ether oxygens (including phenoxy) is 2. The highest BCUT2D eigenvalue weighted by molar-refractivity contribution is 6.02. The summed E-state index contributed by atoms with van der Waals surface area (Å²) in [6, 6.07) is 9.28. The molecule has 2 unspecified atom stereocenters. The van der Waals surface area contributed by atoms with Gasteiger partial charge in [-0.1, -0.05) is 50.1 Å². The first-order valence-electron chi connectivity index (χ1n) is 7.05. The van der Waals surface area contributed by atoms with E-state index in [-0.39, 0.29) is 12.1 Å². The van der Waals surface area contributed by atoms with E-state index >= 15 is 0 Å². The van der Waals surface area contributed by atoms with Crippen LogP contribution in [0, 0.1) is 0 Å². The highest BCUT2D eigenvalue weighted by Gasteiger charge is 2.43. The van der Waals surface area contributed by atoms with Crippen molar-refractivity contribution in [1.29, 1.82) is 0 Å². The Morgan fingerprint density at radius 1 is 1.32 bits per heavy atom. The SMILES string of the molecule is CCCCCC1OCC(C)(C(=O)c2ccccc2)O1. The van der Waals surface area contributed by atoms with Crippen molar-refractivity contribution in [2.75, 3.05) is 6.61 Å². The van der Waals surface area contributed by atoms with Crippen molar-refractivity contribution in [2.24, 2.45) is 0 Å². The fourth-order valence-electron chi connectivity index (χ4n) is 2.33. The molecule has 2 rings (SSSR count). The molecule has 1 aromatic rings. The van der Waals surface area contributed by atoms with Crippen LogP contribution >= 0.6 is 0 Å². The summed E-state index contributed by atoms with van der Waals surface area (Å²) in [5, 5.41) is 0. The molecule has 0 amide bonds. The van der Waals surface area contributed by atoms with Crippen LogP contribution < -0.4 is 0 Å². The first-order valence-corrected chi connectivity index (χ1v) is 7.05.